The van der Waals surface area contributed by atoms with Gasteiger partial charge in [0.05, 0.1) is 11.1 Å². The van der Waals surface area contributed by atoms with Crippen LogP contribution in [-0.4, -0.2) is 17.1 Å². The van der Waals surface area contributed by atoms with Crippen molar-refractivity contribution < 1.29 is 17.3 Å². The molecule has 0 amide bonds. The summed E-state index contributed by atoms with van der Waals surface area (Å²) in [4.78, 5) is 9.94. The van der Waals surface area contributed by atoms with Gasteiger partial charge in [0.1, 0.15) is 0 Å². The monoisotopic (exact) mass is 242 g/mol. The van der Waals surface area contributed by atoms with Crippen LogP contribution in [0.1, 0.15) is 5.56 Å². The molecule has 16 heavy (non-hydrogen) atoms. The van der Waals surface area contributed by atoms with E-state index < -0.39 is 4.92 Å². The van der Waals surface area contributed by atoms with Gasteiger partial charge in [-0.05, 0) is 0 Å². The van der Waals surface area contributed by atoms with Gasteiger partial charge in [-0.2, -0.15) is 5.10 Å². The third-order valence-corrected chi connectivity index (χ3v) is 1.46. The van der Waals surface area contributed by atoms with Crippen molar-refractivity contribution >= 4 is 17.9 Å². The van der Waals surface area contributed by atoms with E-state index in [-0.39, 0.29) is 24.1 Å². The third kappa shape index (κ3) is 4.38. The van der Waals surface area contributed by atoms with E-state index in [2.05, 4.69) is 10.2 Å². The summed E-state index contributed by atoms with van der Waals surface area (Å²) in [6.07, 6.45) is 1.33. The zero-order valence-electron chi connectivity index (χ0n) is 8.08. The highest BCUT2D eigenvalue weighted by molar-refractivity contribution is 5.82. The van der Waals surface area contributed by atoms with E-state index in [9.17, 15) is 10.1 Å². The van der Waals surface area contributed by atoms with Crippen LogP contribution >= 0.6 is 0 Å². The standard InChI is InChI=1S/C8H9N5O2.ClH/c9-8(10)12-11-5-6-2-1-3-7(4-6)13(14)15;/h1-5H,(H4,9,10,12);1H/p-1/b11-5+;. The van der Waals surface area contributed by atoms with Crippen LogP contribution < -0.4 is 23.9 Å². The summed E-state index contributed by atoms with van der Waals surface area (Å²) in [5.41, 5.74) is 10.6. The molecule has 0 aliphatic rings. The molecule has 1 aromatic carbocycles. The van der Waals surface area contributed by atoms with Crippen LogP contribution in [0.25, 0.3) is 0 Å². The van der Waals surface area contributed by atoms with Gasteiger partial charge in [0, 0.05) is 17.7 Å². The summed E-state index contributed by atoms with van der Waals surface area (Å²) in [6.45, 7) is 0. The largest absolute Gasteiger partial charge is 1.00 e. The van der Waals surface area contributed by atoms with Crippen molar-refractivity contribution in [2.45, 2.75) is 0 Å². The maximum absolute atomic E-state index is 10.4. The molecule has 0 spiro atoms. The summed E-state index contributed by atoms with van der Waals surface area (Å²) >= 11 is 0. The van der Waals surface area contributed by atoms with Gasteiger partial charge >= 0.3 is 0 Å². The Morgan fingerprint density at radius 2 is 2.12 bits per heavy atom. The molecular formula is C8H9ClN5O2-. The van der Waals surface area contributed by atoms with E-state index in [1.807, 2.05) is 0 Å². The topological polar surface area (TPSA) is 120 Å². The van der Waals surface area contributed by atoms with E-state index in [1.54, 1.807) is 12.1 Å². The van der Waals surface area contributed by atoms with Gasteiger partial charge < -0.3 is 23.9 Å². The van der Waals surface area contributed by atoms with Gasteiger partial charge in [0.2, 0.25) is 5.96 Å². The molecule has 1 rings (SSSR count). The molecule has 0 heterocycles. The summed E-state index contributed by atoms with van der Waals surface area (Å²) in [5, 5.41) is 17.3. The number of non-ortho nitro benzene ring substituents is 1. The highest BCUT2D eigenvalue weighted by atomic mass is 35.5. The van der Waals surface area contributed by atoms with E-state index in [1.165, 1.54) is 18.3 Å². The van der Waals surface area contributed by atoms with Crippen molar-refractivity contribution in [1.29, 1.82) is 0 Å². The van der Waals surface area contributed by atoms with E-state index >= 15 is 0 Å². The average molecular weight is 243 g/mol. The first-order valence-electron chi connectivity index (χ1n) is 3.96. The summed E-state index contributed by atoms with van der Waals surface area (Å²) in [5.74, 6) is -0.170. The molecule has 0 aromatic heterocycles. The van der Waals surface area contributed by atoms with Gasteiger partial charge in [-0.25, -0.2) is 0 Å². The van der Waals surface area contributed by atoms with Crippen molar-refractivity contribution in [2.75, 3.05) is 0 Å². The second-order valence-electron chi connectivity index (χ2n) is 2.62. The molecule has 8 heteroatoms. The molecule has 4 N–H and O–H groups in total. The number of hydrogen-bond donors (Lipinski definition) is 2. The van der Waals surface area contributed by atoms with E-state index in [0.29, 0.717) is 5.56 Å². The van der Waals surface area contributed by atoms with Crippen LogP contribution in [0.4, 0.5) is 5.69 Å². The van der Waals surface area contributed by atoms with Crippen LogP contribution in [0.2, 0.25) is 0 Å². The van der Waals surface area contributed by atoms with Crippen molar-refractivity contribution in [2.24, 2.45) is 21.7 Å². The van der Waals surface area contributed by atoms with Crippen molar-refractivity contribution in [3.8, 4) is 0 Å². The van der Waals surface area contributed by atoms with E-state index in [0.717, 1.165) is 0 Å². The molecule has 0 unspecified atom stereocenters. The molecule has 86 valence electrons. The average Bonchev–Trinajstić information content (AvgIpc) is 2.17. The van der Waals surface area contributed by atoms with Gasteiger partial charge in [-0.3, -0.25) is 10.1 Å². The number of hydrogen-bond acceptors (Lipinski definition) is 4. The number of benzene rings is 1. The van der Waals surface area contributed by atoms with E-state index in [4.69, 9.17) is 11.5 Å². The SMILES string of the molecule is NC(N)=N/N=C/c1cccc([N+](=O)[O-])c1.[Cl-]. The predicted octanol–water partition coefficient (Wildman–Crippen LogP) is -2.79. The zero-order chi connectivity index (χ0) is 11.3. The quantitative estimate of drug-likeness (QED) is 0.258. The van der Waals surface area contributed by atoms with Gasteiger partial charge in [0.25, 0.3) is 5.69 Å². The fraction of sp³-hybridized carbons (Fsp3) is 0. The van der Waals surface area contributed by atoms with Gasteiger partial charge in [-0.1, -0.05) is 12.1 Å². The lowest BCUT2D eigenvalue weighted by molar-refractivity contribution is -0.384. The number of rotatable bonds is 3. The molecule has 7 nitrogen and oxygen atoms in total. The Morgan fingerprint density at radius 1 is 1.44 bits per heavy atom. The minimum atomic E-state index is -0.488. The zero-order valence-corrected chi connectivity index (χ0v) is 8.83. The highest BCUT2D eigenvalue weighted by Gasteiger charge is 2.03. The number of nitrogens with zero attached hydrogens (tertiary/aromatic N) is 3. The van der Waals surface area contributed by atoms with Crippen molar-refractivity contribution in [3.63, 3.8) is 0 Å². The number of nitro groups is 1. The molecule has 0 saturated heterocycles. The van der Waals surface area contributed by atoms with Crippen molar-refractivity contribution in [1.82, 2.24) is 0 Å². The Kier molecular flexibility index (Phi) is 5.50. The second-order valence-corrected chi connectivity index (χ2v) is 2.62. The number of halogens is 1. The van der Waals surface area contributed by atoms with Crippen LogP contribution in [0.15, 0.2) is 34.5 Å². The molecule has 1 aromatic rings. The minimum absolute atomic E-state index is 0. The molecule has 0 aliphatic heterocycles. The first-order valence-corrected chi connectivity index (χ1v) is 3.96. The first-order chi connectivity index (χ1) is 7.09. The summed E-state index contributed by atoms with van der Waals surface area (Å²) < 4.78 is 0. The molecule has 0 fully saturated rings. The Balaban J connectivity index is 0.00000225. The fourth-order valence-corrected chi connectivity index (χ4v) is 0.881. The maximum Gasteiger partial charge on any atom is 0.270 e. The fourth-order valence-electron chi connectivity index (χ4n) is 0.881. The predicted molar refractivity (Wildman–Crippen MR) is 56.5 cm³/mol. The Hall–Kier alpha value is -2.15. The van der Waals surface area contributed by atoms with Crippen molar-refractivity contribution in [3.05, 3.63) is 39.9 Å². The lowest BCUT2D eigenvalue weighted by Crippen LogP contribution is -3.00. The van der Waals surface area contributed by atoms with Gasteiger partial charge in [-0.15, -0.1) is 5.10 Å². The molecule has 0 saturated carbocycles. The summed E-state index contributed by atoms with van der Waals surface area (Å²) in [6, 6.07) is 5.96. The Labute approximate surface area is 97.4 Å². The number of nitro benzene ring substituents is 1. The molecule has 0 bridgehead atoms. The molecule has 0 radical (unpaired) electrons. The third-order valence-electron chi connectivity index (χ3n) is 1.46. The van der Waals surface area contributed by atoms with Gasteiger partial charge in [0.15, 0.2) is 0 Å². The lowest BCUT2D eigenvalue weighted by Gasteiger charge is -1.92. The smallest absolute Gasteiger partial charge is 0.270 e. The molecule has 0 aliphatic carbocycles. The molecule has 0 atom stereocenters. The number of nitrogens with two attached hydrogens (primary N) is 2. The maximum atomic E-state index is 10.4. The Bertz CT molecular complexity index is 428. The van der Waals surface area contributed by atoms with Crippen LogP contribution in [0, 0.1) is 10.1 Å². The minimum Gasteiger partial charge on any atom is -1.00 e. The number of guanidine groups is 1. The van der Waals surface area contributed by atoms with Crippen LogP contribution in [0.5, 0.6) is 0 Å². The Morgan fingerprint density at radius 3 is 2.69 bits per heavy atom. The first kappa shape index (κ1) is 13.8. The highest BCUT2D eigenvalue weighted by Crippen LogP contribution is 2.11. The van der Waals surface area contributed by atoms with Crippen LogP contribution in [0.3, 0.4) is 0 Å². The lowest BCUT2D eigenvalue weighted by atomic mass is 10.2. The second kappa shape index (κ2) is 6.36. The normalized spacial score (nSPS) is 9.50. The summed E-state index contributed by atoms with van der Waals surface area (Å²) in [7, 11) is 0. The molecular weight excluding hydrogens is 234 g/mol. The van der Waals surface area contributed by atoms with Crippen LogP contribution in [-0.2, 0) is 0 Å².